The van der Waals surface area contributed by atoms with Crippen LogP contribution in [0.5, 0.6) is 11.5 Å². The van der Waals surface area contributed by atoms with Crippen molar-refractivity contribution >= 4 is 46.3 Å². The molecular formula is C21H21FIN3O4. The van der Waals surface area contributed by atoms with E-state index in [1.165, 1.54) is 38.4 Å². The van der Waals surface area contributed by atoms with Crippen LogP contribution in [0.2, 0.25) is 0 Å². The van der Waals surface area contributed by atoms with Crippen LogP contribution >= 0.6 is 22.6 Å². The lowest BCUT2D eigenvalue weighted by Crippen LogP contribution is -2.34. The Morgan fingerprint density at radius 3 is 2.70 bits per heavy atom. The topological polar surface area (TPSA) is 89.0 Å². The summed E-state index contributed by atoms with van der Waals surface area (Å²) < 4.78 is 25.3. The van der Waals surface area contributed by atoms with Gasteiger partial charge >= 0.3 is 0 Å². The third kappa shape index (κ3) is 6.28. The molecule has 0 radical (unpaired) electrons. The molecule has 2 amide bonds. The van der Waals surface area contributed by atoms with Crippen LogP contribution in [0.1, 0.15) is 12.5 Å². The first-order chi connectivity index (χ1) is 14.4. The molecule has 2 N–H and O–H groups in total. The van der Waals surface area contributed by atoms with Gasteiger partial charge in [-0.3, -0.25) is 9.59 Å². The van der Waals surface area contributed by atoms with Crippen LogP contribution in [0.4, 0.5) is 10.1 Å². The van der Waals surface area contributed by atoms with E-state index < -0.39 is 23.5 Å². The molecule has 7 nitrogen and oxygen atoms in total. The molecule has 0 bridgehead atoms. The van der Waals surface area contributed by atoms with E-state index in [4.69, 9.17) is 9.47 Å². The first kappa shape index (κ1) is 23.3. The van der Waals surface area contributed by atoms with E-state index >= 15 is 0 Å². The van der Waals surface area contributed by atoms with E-state index in [0.29, 0.717) is 23.7 Å². The minimum atomic E-state index is -1.08. The highest BCUT2D eigenvalue weighted by Crippen LogP contribution is 2.33. The molecule has 30 heavy (non-hydrogen) atoms. The van der Waals surface area contributed by atoms with Gasteiger partial charge in [0.05, 0.1) is 22.6 Å². The predicted molar refractivity (Wildman–Crippen MR) is 121 cm³/mol. The Labute approximate surface area is 187 Å². The van der Waals surface area contributed by atoms with Crippen LogP contribution in [-0.2, 0) is 9.59 Å². The van der Waals surface area contributed by atoms with Gasteiger partial charge in [0.2, 0.25) is 5.91 Å². The van der Waals surface area contributed by atoms with Crippen LogP contribution in [-0.4, -0.2) is 31.7 Å². The normalized spacial score (nSPS) is 11.6. The first-order valence-electron chi connectivity index (χ1n) is 8.87. The van der Waals surface area contributed by atoms with E-state index in [9.17, 15) is 14.0 Å². The van der Waals surface area contributed by atoms with Crippen LogP contribution in [0.3, 0.4) is 0 Å². The number of anilines is 1. The quantitative estimate of drug-likeness (QED) is 0.172. The Balaban J connectivity index is 2.01. The summed E-state index contributed by atoms with van der Waals surface area (Å²) in [4.78, 5) is 24.3. The van der Waals surface area contributed by atoms with Gasteiger partial charge in [0.25, 0.3) is 5.91 Å². The van der Waals surface area contributed by atoms with Crippen LogP contribution in [0.15, 0.2) is 54.2 Å². The average Bonchev–Trinajstić information content (AvgIpc) is 2.73. The number of carbonyl (C=O) groups excluding carboxylic acids is 2. The van der Waals surface area contributed by atoms with Crippen molar-refractivity contribution < 1.29 is 23.5 Å². The fraction of sp³-hybridized carbons (Fsp3) is 0.190. The van der Waals surface area contributed by atoms with Crippen molar-refractivity contribution in [2.45, 2.75) is 6.92 Å². The van der Waals surface area contributed by atoms with Crippen molar-refractivity contribution in [3.8, 4) is 11.5 Å². The molecule has 158 valence electrons. The molecule has 0 aliphatic carbocycles. The summed E-state index contributed by atoms with van der Waals surface area (Å²) in [5.41, 5.74) is 2.97. The van der Waals surface area contributed by atoms with Gasteiger partial charge < -0.3 is 14.8 Å². The number of para-hydroxylation sites is 1. The minimum absolute atomic E-state index is 0.00563. The zero-order valence-electron chi connectivity index (χ0n) is 16.4. The summed E-state index contributed by atoms with van der Waals surface area (Å²) >= 11 is 2.10. The number of benzene rings is 2. The van der Waals surface area contributed by atoms with Crippen molar-refractivity contribution in [1.82, 2.24) is 5.43 Å². The zero-order valence-corrected chi connectivity index (χ0v) is 18.6. The number of halogens is 2. The molecule has 0 aliphatic heterocycles. The number of amides is 2. The molecule has 2 aromatic rings. The number of methoxy groups -OCH3 is 1. The first-order valence-corrected chi connectivity index (χ1v) is 9.94. The molecule has 2 aromatic carbocycles. The largest absolute Gasteiger partial charge is 0.493 e. The second-order valence-electron chi connectivity index (χ2n) is 6.06. The summed E-state index contributed by atoms with van der Waals surface area (Å²) in [6.45, 7) is 5.35. The maximum atomic E-state index is 13.6. The number of rotatable bonds is 9. The summed E-state index contributed by atoms with van der Waals surface area (Å²) in [6, 6.07) is 9.21. The number of nitrogens with one attached hydrogen (secondary N) is 2. The standard InChI is InChI=1S/C21H21FIN3O4/c1-4-9-30-19-16(23)10-14(11-18(19)29-3)12-24-26-21(28)13(2)20(27)25-17-8-6-5-7-15(17)22/h4-8,10-13H,1,9H2,2-3H3,(H,25,27)(H,26,28). The third-order valence-corrected chi connectivity index (χ3v) is 4.71. The monoisotopic (exact) mass is 525 g/mol. The van der Waals surface area contributed by atoms with Crippen LogP contribution in [0, 0.1) is 15.3 Å². The van der Waals surface area contributed by atoms with E-state index in [1.807, 2.05) is 0 Å². The Morgan fingerprint density at radius 2 is 2.03 bits per heavy atom. The van der Waals surface area contributed by atoms with Gasteiger partial charge in [-0.2, -0.15) is 5.10 Å². The maximum Gasteiger partial charge on any atom is 0.252 e. The van der Waals surface area contributed by atoms with Crippen molar-refractivity contribution in [2.24, 2.45) is 11.0 Å². The number of hydrazone groups is 1. The van der Waals surface area contributed by atoms with E-state index in [-0.39, 0.29) is 5.69 Å². The lowest BCUT2D eigenvalue weighted by atomic mass is 10.1. The van der Waals surface area contributed by atoms with Gasteiger partial charge in [0, 0.05) is 0 Å². The zero-order chi connectivity index (χ0) is 22.1. The van der Waals surface area contributed by atoms with Crippen molar-refractivity contribution in [1.29, 1.82) is 0 Å². The van der Waals surface area contributed by atoms with Crippen LogP contribution in [0.25, 0.3) is 0 Å². The summed E-state index contributed by atoms with van der Waals surface area (Å²) in [7, 11) is 1.52. The Bertz CT molecular complexity index is 965. The van der Waals surface area contributed by atoms with E-state index in [1.54, 1.807) is 24.3 Å². The molecule has 0 heterocycles. The lowest BCUT2D eigenvalue weighted by molar-refractivity contribution is -0.131. The molecule has 0 saturated carbocycles. The van der Waals surface area contributed by atoms with Gasteiger partial charge in [-0.15, -0.1) is 0 Å². The summed E-state index contributed by atoms with van der Waals surface area (Å²) in [6.07, 6.45) is 3.05. The Hall–Kier alpha value is -2.95. The lowest BCUT2D eigenvalue weighted by Gasteiger charge is -2.12. The highest BCUT2D eigenvalue weighted by Gasteiger charge is 2.22. The summed E-state index contributed by atoms with van der Waals surface area (Å²) in [5.74, 6) is -1.85. The SMILES string of the molecule is C=CCOc1c(I)cc(C=NNC(=O)C(C)C(=O)Nc2ccccc2F)cc1OC. The number of carbonyl (C=O) groups is 2. The minimum Gasteiger partial charge on any atom is -0.493 e. The average molecular weight is 525 g/mol. The maximum absolute atomic E-state index is 13.6. The van der Waals surface area contributed by atoms with Crippen molar-refractivity contribution in [3.05, 3.63) is 64.0 Å². The fourth-order valence-electron chi connectivity index (χ4n) is 2.29. The predicted octanol–water partition coefficient (Wildman–Crippen LogP) is 3.73. The number of hydrogen-bond acceptors (Lipinski definition) is 5. The molecule has 9 heteroatoms. The van der Waals surface area contributed by atoms with Gasteiger partial charge in [0.15, 0.2) is 11.5 Å². The molecule has 0 aromatic heterocycles. The fourth-order valence-corrected chi connectivity index (χ4v) is 3.07. The molecule has 0 fully saturated rings. The van der Waals surface area contributed by atoms with Crippen LogP contribution < -0.4 is 20.2 Å². The molecule has 0 saturated heterocycles. The second kappa shape index (κ2) is 11.3. The molecule has 0 aliphatic rings. The highest BCUT2D eigenvalue weighted by molar-refractivity contribution is 14.1. The molecular weight excluding hydrogens is 504 g/mol. The Kier molecular flexibility index (Phi) is 8.78. The second-order valence-corrected chi connectivity index (χ2v) is 7.22. The molecule has 2 rings (SSSR count). The number of hydrogen-bond donors (Lipinski definition) is 2. The van der Waals surface area contributed by atoms with Gasteiger partial charge in [-0.05, 0) is 59.3 Å². The van der Waals surface area contributed by atoms with Crippen molar-refractivity contribution in [3.63, 3.8) is 0 Å². The van der Waals surface area contributed by atoms with Crippen molar-refractivity contribution in [2.75, 3.05) is 19.0 Å². The molecule has 1 unspecified atom stereocenters. The molecule has 1 atom stereocenters. The van der Waals surface area contributed by atoms with E-state index in [0.717, 1.165) is 3.57 Å². The molecule has 0 spiro atoms. The highest BCUT2D eigenvalue weighted by atomic mass is 127. The smallest absolute Gasteiger partial charge is 0.252 e. The summed E-state index contributed by atoms with van der Waals surface area (Å²) in [5, 5.41) is 6.26. The van der Waals surface area contributed by atoms with Gasteiger partial charge in [0.1, 0.15) is 18.3 Å². The van der Waals surface area contributed by atoms with Gasteiger partial charge in [-0.1, -0.05) is 24.8 Å². The Morgan fingerprint density at radius 1 is 1.30 bits per heavy atom. The van der Waals surface area contributed by atoms with E-state index in [2.05, 4.69) is 45.0 Å². The van der Waals surface area contributed by atoms with Gasteiger partial charge in [-0.25, -0.2) is 9.82 Å². The third-order valence-electron chi connectivity index (χ3n) is 3.90. The number of ether oxygens (including phenoxy) is 2. The number of nitrogens with zero attached hydrogens (tertiary/aromatic N) is 1.